The van der Waals surface area contributed by atoms with Crippen LogP contribution in [0.4, 0.5) is 0 Å². The van der Waals surface area contributed by atoms with Crippen molar-refractivity contribution in [3.8, 4) is 0 Å². The first-order valence-corrected chi connectivity index (χ1v) is 9.47. The number of ether oxygens (including phenoxy) is 4. The van der Waals surface area contributed by atoms with Gasteiger partial charge in [-0.15, -0.1) is 0 Å². The smallest absolute Gasteiger partial charge is 0.224 e. The zero-order chi connectivity index (χ0) is 18.4. The van der Waals surface area contributed by atoms with Gasteiger partial charge in [0.2, 0.25) is 11.8 Å². The molecule has 8 nitrogen and oxygen atoms in total. The number of primary amides is 2. The van der Waals surface area contributed by atoms with Crippen molar-refractivity contribution in [1.82, 2.24) is 0 Å². The molecule has 0 saturated carbocycles. The Balaban J connectivity index is 1.70. The van der Waals surface area contributed by atoms with Crippen molar-refractivity contribution in [3.05, 3.63) is 0 Å². The number of rotatable bonds is 13. The van der Waals surface area contributed by atoms with E-state index >= 15 is 0 Å². The molecule has 0 bridgehead atoms. The van der Waals surface area contributed by atoms with E-state index in [-0.39, 0.29) is 42.7 Å². The van der Waals surface area contributed by atoms with Gasteiger partial charge in [-0.2, -0.15) is 0 Å². The predicted molar refractivity (Wildman–Crippen MR) is 89.9 cm³/mol. The zero-order valence-corrected chi connectivity index (χ0v) is 15.0. The molecule has 4 aliphatic rings. The number of amides is 2. The molecule has 4 aliphatic heterocycles. The Hall–Kier alpha value is -1.22. The van der Waals surface area contributed by atoms with Gasteiger partial charge in [0.15, 0.2) is 0 Å². The lowest BCUT2D eigenvalue weighted by Gasteiger charge is -2.49. The Bertz CT molecular complexity index is 538. The van der Waals surface area contributed by atoms with E-state index in [2.05, 4.69) is 0 Å². The molecule has 0 aromatic carbocycles. The molecule has 0 aliphatic carbocycles. The van der Waals surface area contributed by atoms with Crippen molar-refractivity contribution in [2.75, 3.05) is 26.4 Å². The van der Waals surface area contributed by atoms with Crippen LogP contribution in [-0.4, -0.2) is 62.7 Å². The molecular formula is C18H28N2O6. The quantitative estimate of drug-likeness (QED) is 0.434. The highest BCUT2D eigenvalue weighted by Gasteiger charge is 2.61. The van der Waals surface area contributed by atoms with Gasteiger partial charge in [-0.1, -0.05) is 0 Å². The first kappa shape index (κ1) is 18.2. The SMILES string of the molecule is NC(=O)CCC(CC1CO1)(CC1CO1)C(CC1CO1)(CC1CO1)C(N)=O. The van der Waals surface area contributed by atoms with Crippen LogP contribution in [0.3, 0.4) is 0 Å². The number of nitrogens with two attached hydrogens (primary N) is 2. The van der Waals surface area contributed by atoms with E-state index in [1.54, 1.807) is 0 Å². The molecule has 4 unspecified atom stereocenters. The summed E-state index contributed by atoms with van der Waals surface area (Å²) >= 11 is 0. The predicted octanol–water partition coefficient (Wildman–Crippen LogP) is -0.134. The van der Waals surface area contributed by atoms with Gasteiger partial charge in [0.25, 0.3) is 0 Å². The Morgan fingerprint density at radius 1 is 0.769 bits per heavy atom. The standard InChI is InChI=1S/C18H28N2O6/c19-15(21)1-2-17(3-11-7-23-11,4-12-8-24-12)18(16(20)22,5-13-9-25-13)6-14-10-26-14/h11-14H,1-10H2,(H2,19,21)(H2,20,22). The van der Waals surface area contributed by atoms with Crippen molar-refractivity contribution in [1.29, 1.82) is 0 Å². The first-order chi connectivity index (χ1) is 12.4. The van der Waals surface area contributed by atoms with Crippen LogP contribution in [0.25, 0.3) is 0 Å². The second-order valence-corrected chi connectivity index (χ2v) is 8.33. The molecule has 0 radical (unpaired) electrons. The highest BCUT2D eigenvalue weighted by atomic mass is 16.6. The highest BCUT2D eigenvalue weighted by molar-refractivity contribution is 5.82. The average molecular weight is 368 g/mol. The maximum Gasteiger partial charge on any atom is 0.224 e. The fourth-order valence-corrected chi connectivity index (χ4v) is 4.65. The van der Waals surface area contributed by atoms with Gasteiger partial charge in [0, 0.05) is 6.42 Å². The van der Waals surface area contributed by atoms with Crippen molar-refractivity contribution < 1.29 is 28.5 Å². The minimum absolute atomic E-state index is 0.0365. The van der Waals surface area contributed by atoms with Crippen LogP contribution in [0.15, 0.2) is 0 Å². The molecule has 0 aromatic rings. The summed E-state index contributed by atoms with van der Waals surface area (Å²) in [5, 5.41) is 0. The number of hydrogen-bond donors (Lipinski definition) is 2. The molecule has 4 atom stereocenters. The van der Waals surface area contributed by atoms with E-state index in [0.29, 0.717) is 58.5 Å². The molecule has 4 rings (SSSR count). The van der Waals surface area contributed by atoms with E-state index < -0.39 is 10.8 Å². The van der Waals surface area contributed by atoms with Gasteiger partial charge >= 0.3 is 0 Å². The molecule has 146 valence electrons. The Morgan fingerprint density at radius 2 is 1.15 bits per heavy atom. The fourth-order valence-electron chi connectivity index (χ4n) is 4.65. The molecule has 4 saturated heterocycles. The van der Waals surface area contributed by atoms with E-state index in [9.17, 15) is 9.59 Å². The van der Waals surface area contributed by atoms with Crippen molar-refractivity contribution in [3.63, 3.8) is 0 Å². The lowest BCUT2D eigenvalue weighted by molar-refractivity contribution is -0.143. The Kier molecular flexibility index (Phi) is 4.71. The fraction of sp³-hybridized carbons (Fsp3) is 0.889. The third-order valence-electron chi connectivity index (χ3n) is 6.34. The monoisotopic (exact) mass is 368 g/mol. The third kappa shape index (κ3) is 4.03. The molecule has 2 amide bonds. The molecule has 8 heteroatoms. The van der Waals surface area contributed by atoms with E-state index in [1.807, 2.05) is 0 Å². The zero-order valence-electron chi connectivity index (χ0n) is 15.0. The molecule has 0 aromatic heterocycles. The molecule has 4 N–H and O–H groups in total. The number of carbonyl (C=O) groups excluding carboxylic acids is 2. The van der Waals surface area contributed by atoms with Crippen LogP contribution in [0, 0.1) is 10.8 Å². The number of epoxide rings is 4. The molecule has 0 spiro atoms. The maximum atomic E-state index is 13.0. The van der Waals surface area contributed by atoms with Crippen molar-refractivity contribution in [2.24, 2.45) is 22.3 Å². The topological polar surface area (TPSA) is 136 Å². The summed E-state index contributed by atoms with van der Waals surface area (Å²) in [5.41, 5.74) is 10.2. The minimum atomic E-state index is -0.817. The van der Waals surface area contributed by atoms with Crippen LogP contribution < -0.4 is 11.5 Å². The Morgan fingerprint density at radius 3 is 1.46 bits per heavy atom. The summed E-state index contributed by atoms with van der Waals surface area (Å²) in [6.07, 6.45) is 3.46. The summed E-state index contributed by atoms with van der Waals surface area (Å²) in [7, 11) is 0. The van der Waals surface area contributed by atoms with Gasteiger partial charge < -0.3 is 30.4 Å². The van der Waals surface area contributed by atoms with Gasteiger partial charge in [0.1, 0.15) is 0 Å². The first-order valence-electron chi connectivity index (χ1n) is 9.47. The van der Waals surface area contributed by atoms with Gasteiger partial charge in [-0.05, 0) is 37.5 Å². The van der Waals surface area contributed by atoms with E-state index in [1.165, 1.54) is 0 Å². The molecule has 4 fully saturated rings. The number of hydrogen-bond acceptors (Lipinski definition) is 6. The summed E-state index contributed by atoms with van der Waals surface area (Å²) in [5.74, 6) is -0.708. The molecule has 26 heavy (non-hydrogen) atoms. The normalized spacial score (nSPS) is 35.8. The highest BCUT2D eigenvalue weighted by Crippen LogP contribution is 2.59. The van der Waals surface area contributed by atoms with Crippen molar-refractivity contribution in [2.45, 2.75) is 62.9 Å². The lowest BCUT2D eigenvalue weighted by Crippen LogP contribution is -2.54. The van der Waals surface area contributed by atoms with Gasteiger partial charge in [0.05, 0.1) is 56.3 Å². The summed E-state index contributed by atoms with van der Waals surface area (Å²) in [6, 6.07) is 0. The lowest BCUT2D eigenvalue weighted by atomic mass is 9.53. The van der Waals surface area contributed by atoms with Crippen LogP contribution in [0.2, 0.25) is 0 Å². The second kappa shape index (κ2) is 6.74. The number of carbonyl (C=O) groups is 2. The van der Waals surface area contributed by atoms with Gasteiger partial charge in [-0.25, -0.2) is 0 Å². The summed E-state index contributed by atoms with van der Waals surface area (Å²) < 4.78 is 22.0. The third-order valence-corrected chi connectivity index (χ3v) is 6.34. The second-order valence-electron chi connectivity index (χ2n) is 8.33. The largest absolute Gasteiger partial charge is 0.373 e. The maximum absolute atomic E-state index is 13.0. The average Bonchev–Trinajstić information content (AvgIpc) is 3.43. The van der Waals surface area contributed by atoms with Crippen LogP contribution in [0.1, 0.15) is 38.5 Å². The molecular weight excluding hydrogens is 340 g/mol. The van der Waals surface area contributed by atoms with Crippen LogP contribution in [-0.2, 0) is 28.5 Å². The summed E-state index contributed by atoms with van der Waals surface area (Å²) in [6.45, 7) is 2.65. The van der Waals surface area contributed by atoms with Gasteiger partial charge in [-0.3, -0.25) is 9.59 Å². The minimum Gasteiger partial charge on any atom is -0.373 e. The van der Waals surface area contributed by atoms with E-state index in [4.69, 9.17) is 30.4 Å². The molecule has 4 heterocycles. The van der Waals surface area contributed by atoms with Crippen LogP contribution in [0.5, 0.6) is 0 Å². The van der Waals surface area contributed by atoms with Crippen molar-refractivity contribution >= 4 is 11.8 Å². The summed E-state index contributed by atoms with van der Waals surface area (Å²) in [4.78, 5) is 24.6. The Labute approximate surface area is 152 Å². The van der Waals surface area contributed by atoms with E-state index in [0.717, 1.165) is 0 Å². The van der Waals surface area contributed by atoms with Crippen LogP contribution >= 0.6 is 0 Å².